The van der Waals surface area contributed by atoms with Crippen molar-refractivity contribution >= 4 is 17.7 Å². The molecule has 0 amide bonds. The van der Waals surface area contributed by atoms with E-state index < -0.39 is 28.9 Å². The molecule has 0 fully saturated rings. The van der Waals surface area contributed by atoms with Crippen LogP contribution in [-0.4, -0.2) is 27.4 Å². The largest absolute Gasteiger partial charge is 0.497 e. The summed E-state index contributed by atoms with van der Waals surface area (Å²) in [7, 11) is 1.58. The number of H-pyrrole nitrogens is 1. The second-order valence-electron chi connectivity index (χ2n) is 10.1. The summed E-state index contributed by atoms with van der Waals surface area (Å²) in [6.07, 6.45) is 2.86. The summed E-state index contributed by atoms with van der Waals surface area (Å²) in [6.45, 7) is 5.46. The van der Waals surface area contributed by atoms with E-state index in [0.717, 1.165) is 15.7 Å². The number of aromatic nitrogens is 3. The van der Waals surface area contributed by atoms with Gasteiger partial charge in [-0.05, 0) is 77.6 Å². The number of halogens is 1. The molecule has 42 heavy (non-hydrogen) atoms. The van der Waals surface area contributed by atoms with E-state index in [4.69, 9.17) is 10.00 Å². The number of rotatable bonds is 10. The van der Waals surface area contributed by atoms with Crippen LogP contribution in [-0.2, 0) is 13.1 Å². The average molecular weight is 568 g/mol. The van der Waals surface area contributed by atoms with Gasteiger partial charge >= 0.3 is 5.69 Å². The van der Waals surface area contributed by atoms with E-state index in [9.17, 15) is 18.8 Å². The zero-order valence-electron chi connectivity index (χ0n) is 23.7. The van der Waals surface area contributed by atoms with Gasteiger partial charge in [0.15, 0.2) is 0 Å². The fourth-order valence-corrected chi connectivity index (χ4v) is 4.68. The van der Waals surface area contributed by atoms with Crippen LogP contribution in [0.4, 0.5) is 10.2 Å². The minimum Gasteiger partial charge on any atom is -0.497 e. The van der Waals surface area contributed by atoms with Crippen molar-refractivity contribution in [1.82, 2.24) is 14.5 Å². The smallest absolute Gasteiger partial charge is 0.329 e. The summed E-state index contributed by atoms with van der Waals surface area (Å²) in [6, 6.07) is 17.1. The maximum atomic E-state index is 14.6. The van der Waals surface area contributed by atoms with Crippen molar-refractivity contribution < 1.29 is 13.9 Å². The Hall–Kier alpha value is -5.30. The maximum absolute atomic E-state index is 14.6. The number of ether oxygens (including phenoxy) is 1. The Labute approximate surface area is 242 Å². The number of aryl methyl sites for hydroxylation is 1. The van der Waals surface area contributed by atoms with E-state index in [-0.39, 0.29) is 29.2 Å². The highest BCUT2D eigenvalue weighted by Crippen LogP contribution is 2.22. The number of nitriles is 1. The molecule has 4 rings (SSSR count). The molecule has 0 aliphatic heterocycles. The molecule has 0 bridgehead atoms. The number of hydrogen-bond donors (Lipinski definition) is 2. The van der Waals surface area contributed by atoms with Gasteiger partial charge in [-0.2, -0.15) is 9.65 Å². The second kappa shape index (κ2) is 12.9. The first kappa shape index (κ1) is 29.7. The van der Waals surface area contributed by atoms with Crippen LogP contribution in [0.15, 0.2) is 70.3 Å². The van der Waals surface area contributed by atoms with Crippen molar-refractivity contribution in [3.05, 3.63) is 127 Å². The van der Waals surface area contributed by atoms with Gasteiger partial charge in [0, 0.05) is 23.7 Å². The molecule has 2 heterocycles. The lowest BCUT2D eigenvalue weighted by Crippen LogP contribution is -2.38. The average Bonchev–Trinajstić information content (AvgIpc) is 2.95. The van der Waals surface area contributed by atoms with Gasteiger partial charge in [0.25, 0.3) is 5.56 Å². The van der Waals surface area contributed by atoms with Crippen molar-refractivity contribution in [2.24, 2.45) is 0 Å². The summed E-state index contributed by atoms with van der Waals surface area (Å²) >= 11 is 0. The Balaban J connectivity index is 1.76. The normalized spacial score (nSPS) is 11.1. The zero-order valence-corrected chi connectivity index (χ0v) is 23.7. The highest BCUT2D eigenvalue weighted by molar-refractivity contribution is 6.09. The second-order valence-corrected chi connectivity index (χ2v) is 10.1. The third-order valence-corrected chi connectivity index (χ3v) is 6.57. The van der Waals surface area contributed by atoms with E-state index in [1.807, 2.05) is 30.3 Å². The summed E-state index contributed by atoms with van der Waals surface area (Å²) in [5.41, 5.74) is 1.50. The van der Waals surface area contributed by atoms with Gasteiger partial charge in [-0.15, -0.1) is 0 Å². The molecule has 0 unspecified atom stereocenters. The van der Waals surface area contributed by atoms with Crippen LogP contribution in [0.5, 0.6) is 5.75 Å². The number of hydrogen-bond acceptors (Lipinski definition) is 7. The van der Waals surface area contributed by atoms with Crippen molar-refractivity contribution in [1.29, 1.82) is 5.26 Å². The van der Waals surface area contributed by atoms with Crippen LogP contribution in [0.25, 0.3) is 6.08 Å². The molecule has 214 valence electrons. The molecule has 0 aliphatic rings. The first-order valence-corrected chi connectivity index (χ1v) is 13.2. The quantitative estimate of drug-likeness (QED) is 0.158. The number of aromatic amines is 1. The summed E-state index contributed by atoms with van der Waals surface area (Å²) < 4.78 is 21.0. The van der Waals surface area contributed by atoms with Gasteiger partial charge in [0.1, 0.15) is 17.3 Å². The number of nitrogens with zero attached hydrogens (tertiary/aromatic N) is 3. The van der Waals surface area contributed by atoms with Crippen molar-refractivity contribution in [3.63, 3.8) is 0 Å². The van der Waals surface area contributed by atoms with Crippen molar-refractivity contribution in [2.45, 2.75) is 39.8 Å². The number of carbonyl (C=O) groups excluding carboxylic acids is 1. The van der Waals surface area contributed by atoms with Gasteiger partial charge in [0.2, 0.25) is 11.7 Å². The molecule has 0 saturated heterocycles. The first-order valence-electron chi connectivity index (χ1n) is 13.2. The van der Waals surface area contributed by atoms with Gasteiger partial charge < -0.3 is 10.1 Å². The van der Waals surface area contributed by atoms with E-state index >= 15 is 0 Å². The molecule has 0 radical (unpaired) electrons. The van der Waals surface area contributed by atoms with E-state index in [1.165, 1.54) is 12.1 Å². The molecule has 9 nitrogen and oxygen atoms in total. The van der Waals surface area contributed by atoms with E-state index in [1.54, 1.807) is 58.2 Å². The van der Waals surface area contributed by atoms with Crippen molar-refractivity contribution in [2.75, 3.05) is 12.4 Å². The number of ketones is 1. The summed E-state index contributed by atoms with van der Waals surface area (Å²) in [5.74, 6) is -0.764. The molecule has 2 aromatic heterocycles. The van der Waals surface area contributed by atoms with Crippen LogP contribution in [0, 0.1) is 24.2 Å². The Morgan fingerprint density at radius 3 is 2.55 bits per heavy atom. The number of anilines is 1. The van der Waals surface area contributed by atoms with Gasteiger partial charge in [-0.1, -0.05) is 32.0 Å². The lowest BCUT2D eigenvalue weighted by atomic mass is 9.95. The third kappa shape index (κ3) is 6.88. The summed E-state index contributed by atoms with van der Waals surface area (Å²) in [4.78, 5) is 46.3. The maximum Gasteiger partial charge on any atom is 0.329 e. The van der Waals surface area contributed by atoms with E-state index in [2.05, 4.69) is 15.3 Å². The molecule has 10 heteroatoms. The lowest BCUT2D eigenvalue weighted by molar-refractivity contribution is 0.102. The first-order chi connectivity index (χ1) is 20.1. The van der Waals surface area contributed by atoms with Crippen molar-refractivity contribution in [3.8, 4) is 11.8 Å². The highest BCUT2D eigenvalue weighted by atomic mass is 19.1. The van der Waals surface area contributed by atoms with Crippen LogP contribution < -0.4 is 21.3 Å². The SMILES string of the molecule is COc1ccc(CNc2cc(Cn3c(C(=O)c4cc(C)cc(/C=C/C#N)c4)c(C(C)C)c(=O)[nH]c3=O)cc(F)n2)cc1. The molecule has 0 atom stereocenters. The number of nitrogens with one attached hydrogen (secondary N) is 2. The topological polar surface area (TPSA) is 130 Å². The molecule has 0 saturated carbocycles. The number of carbonyl (C=O) groups is 1. The number of methoxy groups -OCH3 is 1. The van der Waals surface area contributed by atoms with Crippen LogP contribution in [0.3, 0.4) is 0 Å². The van der Waals surface area contributed by atoms with Gasteiger partial charge in [-0.3, -0.25) is 19.1 Å². The zero-order chi connectivity index (χ0) is 30.4. The van der Waals surface area contributed by atoms with Gasteiger partial charge in [0.05, 0.1) is 19.7 Å². The standard InChI is InChI=1S/C32H30FN5O4/c1-19(2)28-29(30(39)24-13-20(3)12-22(14-24)6-5-11-34)38(32(41)37-31(28)40)18-23-15-26(33)36-27(16-23)35-17-21-7-9-25(42-4)10-8-21/h5-10,12-16,19H,17-18H2,1-4H3,(H,35,36)(H,37,40,41)/b6-5+. The fraction of sp³-hybridized carbons (Fsp3) is 0.219. The molecule has 4 aromatic rings. The third-order valence-electron chi connectivity index (χ3n) is 6.57. The molecular weight excluding hydrogens is 537 g/mol. The Morgan fingerprint density at radius 2 is 1.88 bits per heavy atom. The number of pyridine rings is 1. The Kier molecular flexibility index (Phi) is 9.12. The predicted octanol–water partition coefficient (Wildman–Crippen LogP) is 4.94. The Bertz CT molecular complexity index is 1820. The molecule has 2 aromatic carbocycles. The highest BCUT2D eigenvalue weighted by Gasteiger charge is 2.25. The fourth-order valence-electron chi connectivity index (χ4n) is 4.68. The van der Waals surface area contributed by atoms with Gasteiger partial charge in [-0.25, -0.2) is 9.78 Å². The van der Waals surface area contributed by atoms with Crippen LogP contribution in [0.1, 0.15) is 63.6 Å². The van der Waals surface area contributed by atoms with Crippen LogP contribution in [0.2, 0.25) is 0 Å². The molecule has 2 N–H and O–H groups in total. The van der Waals surface area contributed by atoms with E-state index in [0.29, 0.717) is 23.4 Å². The predicted molar refractivity (Wildman–Crippen MR) is 158 cm³/mol. The number of allylic oxidation sites excluding steroid dienone is 1. The molecular formula is C32H30FN5O4. The Morgan fingerprint density at radius 1 is 1.14 bits per heavy atom. The molecule has 0 aliphatic carbocycles. The minimum atomic E-state index is -0.796. The van der Waals surface area contributed by atoms with Crippen LogP contribution >= 0.6 is 0 Å². The molecule has 0 spiro atoms. The monoisotopic (exact) mass is 567 g/mol. The summed E-state index contributed by atoms with van der Waals surface area (Å²) in [5, 5.41) is 12.0. The lowest BCUT2D eigenvalue weighted by Gasteiger charge is -2.18. The minimum absolute atomic E-state index is 0.0791. The number of benzene rings is 2.